The summed E-state index contributed by atoms with van der Waals surface area (Å²) in [6.07, 6.45) is 10.8. The molecule has 1 aliphatic carbocycles. The standard InChI is InChI=1S/C16H34N2/c1-4-6-12-18(15(3)5-2)14-16(13-17)10-8-7-9-11-16/h15H,4-14,17H2,1-3H3. The highest BCUT2D eigenvalue weighted by atomic mass is 15.2. The monoisotopic (exact) mass is 254 g/mol. The minimum absolute atomic E-state index is 0.426. The summed E-state index contributed by atoms with van der Waals surface area (Å²) in [5, 5.41) is 0. The Hall–Kier alpha value is -0.0800. The maximum Gasteiger partial charge on any atom is 0.00645 e. The molecule has 108 valence electrons. The number of nitrogens with two attached hydrogens (primary N) is 1. The Labute approximate surface area is 114 Å². The SMILES string of the molecule is CCCCN(CC1(CN)CCCCC1)C(C)CC. The molecule has 0 aromatic heterocycles. The number of rotatable bonds is 8. The van der Waals surface area contributed by atoms with Gasteiger partial charge in [-0.05, 0) is 51.1 Å². The van der Waals surface area contributed by atoms with Crippen molar-refractivity contribution >= 4 is 0 Å². The van der Waals surface area contributed by atoms with Crippen LogP contribution in [0.1, 0.15) is 72.1 Å². The van der Waals surface area contributed by atoms with E-state index in [-0.39, 0.29) is 0 Å². The zero-order valence-electron chi connectivity index (χ0n) is 12.9. The average Bonchev–Trinajstić information content (AvgIpc) is 2.43. The van der Waals surface area contributed by atoms with E-state index >= 15 is 0 Å². The van der Waals surface area contributed by atoms with E-state index in [1.165, 1.54) is 64.5 Å². The molecule has 0 bridgehead atoms. The van der Waals surface area contributed by atoms with E-state index in [4.69, 9.17) is 5.73 Å². The highest BCUT2D eigenvalue weighted by Crippen LogP contribution is 2.36. The Morgan fingerprint density at radius 2 is 1.83 bits per heavy atom. The molecule has 0 aliphatic heterocycles. The molecule has 0 radical (unpaired) electrons. The summed E-state index contributed by atoms with van der Waals surface area (Å²) in [5.41, 5.74) is 6.56. The van der Waals surface area contributed by atoms with Crippen LogP contribution >= 0.6 is 0 Å². The summed E-state index contributed by atoms with van der Waals surface area (Å²) in [6, 6.07) is 0.710. The van der Waals surface area contributed by atoms with Crippen molar-refractivity contribution in [3.8, 4) is 0 Å². The maximum atomic E-state index is 6.13. The van der Waals surface area contributed by atoms with Crippen LogP contribution in [0.2, 0.25) is 0 Å². The molecule has 0 aromatic rings. The predicted octanol–water partition coefficient (Wildman–Crippen LogP) is 3.80. The minimum Gasteiger partial charge on any atom is -0.330 e. The van der Waals surface area contributed by atoms with Gasteiger partial charge < -0.3 is 10.6 Å². The quantitative estimate of drug-likeness (QED) is 0.714. The predicted molar refractivity (Wildman–Crippen MR) is 80.8 cm³/mol. The Balaban J connectivity index is 2.60. The number of hydrogen-bond donors (Lipinski definition) is 1. The summed E-state index contributed by atoms with van der Waals surface area (Å²) < 4.78 is 0. The van der Waals surface area contributed by atoms with Gasteiger partial charge in [0.25, 0.3) is 0 Å². The van der Waals surface area contributed by atoms with Gasteiger partial charge in [0.1, 0.15) is 0 Å². The van der Waals surface area contributed by atoms with Gasteiger partial charge in [-0.3, -0.25) is 0 Å². The fraction of sp³-hybridized carbons (Fsp3) is 1.00. The second kappa shape index (κ2) is 8.16. The third-order valence-corrected chi connectivity index (χ3v) is 4.90. The van der Waals surface area contributed by atoms with E-state index in [0.29, 0.717) is 11.5 Å². The summed E-state index contributed by atoms with van der Waals surface area (Å²) in [5.74, 6) is 0. The Morgan fingerprint density at radius 1 is 1.17 bits per heavy atom. The molecular formula is C16H34N2. The fourth-order valence-electron chi connectivity index (χ4n) is 3.23. The van der Waals surface area contributed by atoms with Gasteiger partial charge in [0.2, 0.25) is 0 Å². The van der Waals surface area contributed by atoms with E-state index in [1.807, 2.05) is 0 Å². The largest absolute Gasteiger partial charge is 0.330 e. The first kappa shape index (κ1) is 16.0. The van der Waals surface area contributed by atoms with Crippen LogP contribution in [0.15, 0.2) is 0 Å². The molecule has 0 aromatic carbocycles. The van der Waals surface area contributed by atoms with Gasteiger partial charge in [-0.25, -0.2) is 0 Å². The first-order chi connectivity index (χ1) is 8.67. The van der Waals surface area contributed by atoms with Crippen molar-refractivity contribution in [3.05, 3.63) is 0 Å². The van der Waals surface area contributed by atoms with Crippen molar-refractivity contribution < 1.29 is 0 Å². The normalized spacial score (nSPS) is 21.2. The third-order valence-electron chi connectivity index (χ3n) is 4.90. The van der Waals surface area contributed by atoms with Crippen LogP contribution in [0.3, 0.4) is 0 Å². The Bertz CT molecular complexity index is 209. The molecule has 1 aliphatic rings. The summed E-state index contributed by atoms with van der Waals surface area (Å²) >= 11 is 0. The lowest BCUT2D eigenvalue weighted by molar-refractivity contribution is 0.0834. The lowest BCUT2D eigenvalue weighted by Gasteiger charge is -2.42. The first-order valence-electron chi connectivity index (χ1n) is 8.11. The molecular weight excluding hydrogens is 220 g/mol. The second-order valence-corrected chi connectivity index (χ2v) is 6.35. The van der Waals surface area contributed by atoms with Crippen molar-refractivity contribution in [2.45, 2.75) is 78.2 Å². The van der Waals surface area contributed by atoms with Gasteiger partial charge >= 0.3 is 0 Å². The summed E-state index contributed by atoms with van der Waals surface area (Å²) in [7, 11) is 0. The molecule has 1 fully saturated rings. The number of nitrogens with zero attached hydrogens (tertiary/aromatic N) is 1. The van der Waals surface area contributed by atoms with Crippen LogP contribution in [-0.4, -0.2) is 30.6 Å². The third kappa shape index (κ3) is 4.55. The molecule has 0 spiro atoms. The van der Waals surface area contributed by atoms with Gasteiger partial charge in [0.05, 0.1) is 0 Å². The molecule has 1 atom stereocenters. The number of hydrogen-bond acceptors (Lipinski definition) is 2. The molecule has 0 amide bonds. The molecule has 2 heteroatoms. The molecule has 2 nitrogen and oxygen atoms in total. The Kier molecular flexibility index (Phi) is 7.25. The smallest absolute Gasteiger partial charge is 0.00645 e. The zero-order chi connectivity index (χ0) is 13.4. The fourth-order valence-corrected chi connectivity index (χ4v) is 3.23. The molecule has 18 heavy (non-hydrogen) atoms. The van der Waals surface area contributed by atoms with Gasteiger partial charge in [-0.15, -0.1) is 0 Å². The molecule has 1 saturated carbocycles. The van der Waals surface area contributed by atoms with E-state index in [0.717, 1.165) is 6.54 Å². The van der Waals surface area contributed by atoms with Crippen molar-refractivity contribution in [3.63, 3.8) is 0 Å². The van der Waals surface area contributed by atoms with E-state index in [1.54, 1.807) is 0 Å². The molecule has 0 saturated heterocycles. The van der Waals surface area contributed by atoms with Crippen molar-refractivity contribution in [1.29, 1.82) is 0 Å². The first-order valence-corrected chi connectivity index (χ1v) is 8.11. The van der Waals surface area contributed by atoms with Gasteiger partial charge in [-0.1, -0.05) is 39.5 Å². The van der Waals surface area contributed by atoms with Gasteiger partial charge in [0.15, 0.2) is 0 Å². The Morgan fingerprint density at radius 3 is 2.33 bits per heavy atom. The highest BCUT2D eigenvalue weighted by Gasteiger charge is 2.33. The lowest BCUT2D eigenvalue weighted by atomic mass is 9.73. The van der Waals surface area contributed by atoms with Crippen molar-refractivity contribution in [1.82, 2.24) is 4.90 Å². The maximum absolute atomic E-state index is 6.13. The zero-order valence-corrected chi connectivity index (χ0v) is 12.9. The van der Waals surface area contributed by atoms with Crippen LogP contribution in [-0.2, 0) is 0 Å². The second-order valence-electron chi connectivity index (χ2n) is 6.35. The van der Waals surface area contributed by atoms with Crippen LogP contribution in [0.4, 0.5) is 0 Å². The molecule has 1 unspecified atom stereocenters. The summed E-state index contributed by atoms with van der Waals surface area (Å²) in [6.45, 7) is 10.3. The van der Waals surface area contributed by atoms with E-state index in [9.17, 15) is 0 Å². The van der Waals surface area contributed by atoms with Crippen LogP contribution in [0.5, 0.6) is 0 Å². The van der Waals surface area contributed by atoms with Gasteiger partial charge in [-0.2, -0.15) is 0 Å². The number of unbranched alkanes of at least 4 members (excludes halogenated alkanes) is 1. The molecule has 2 N–H and O–H groups in total. The summed E-state index contributed by atoms with van der Waals surface area (Å²) in [4.78, 5) is 2.71. The molecule has 0 heterocycles. The molecule has 1 rings (SSSR count). The highest BCUT2D eigenvalue weighted by molar-refractivity contribution is 4.88. The van der Waals surface area contributed by atoms with Crippen LogP contribution in [0, 0.1) is 5.41 Å². The van der Waals surface area contributed by atoms with Gasteiger partial charge in [0, 0.05) is 12.6 Å². The lowest BCUT2D eigenvalue weighted by Crippen LogP contribution is -2.47. The van der Waals surface area contributed by atoms with Crippen molar-refractivity contribution in [2.24, 2.45) is 11.1 Å². The topological polar surface area (TPSA) is 29.3 Å². The van der Waals surface area contributed by atoms with Crippen LogP contribution in [0.25, 0.3) is 0 Å². The van der Waals surface area contributed by atoms with E-state index < -0.39 is 0 Å². The van der Waals surface area contributed by atoms with Crippen LogP contribution < -0.4 is 5.73 Å². The average molecular weight is 254 g/mol. The van der Waals surface area contributed by atoms with Crippen molar-refractivity contribution in [2.75, 3.05) is 19.6 Å². The van der Waals surface area contributed by atoms with E-state index in [2.05, 4.69) is 25.7 Å². The minimum atomic E-state index is 0.426.